The Bertz CT molecular complexity index is 365. The standard InChI is InChI=1S/C11H12BrNO2/c1-13(11(15)8-14)7-6-9-4-2-3-5-10(9)12/h2-5,8H,6-7H2,1H3. The zero-order chi connectivity index (χ0) is 11.3. The van der Waals surface area contributed by atoms with Crippen molar-refractivity contribution < 1.29 is 9.59 Å². The minimum absolute atomic E-state index is 0.333. The first-order valence-electron chi connectivity index (χ1n) is 4.59. The van der Waals surface area contributed by atoms with Crippen LogP contribution in [0.3, 0.4) is 0 Å². The number of carbonyl (C=O) groups is 2. The molecule has 3 nitrogen and oxygen atoms in total. The van der Waals surface area contributed by atoms with E-state index >= 15 is 0 Å². The molecule has 0 N–H and O–H groups in total. The second-order valence-electron chi connectivity index (χ2n) is 3.22. The maximum atomic E-state index is 11.0. The summed E-state index contributed by atoms with van der Waals surface area (Å²) in [5.74, 6) is -0.484. The SMILES string of the molecule is CN(CCc1ccccc1Br)C(=O)C=O. The minimum Gasteiger partial charge on any atom is -0.339 e. The predicted molar refractivity (Wildman–Crippen MR) is 61.5 cm³/mol. The lowest BCUT2D eigenvalue weighted by Crippen LogP contribution is -2.29. The van der Waals surface area contributed by atoms with Gasteiger partial charge >= 0.3 is 0 Å². The van der Waals surface area contributed by atoms with Gasteiger partial charge in [-0.05, 0) is 18.1 Å². The van der Waals surface area contributed by atoms with Crippen LogP contribution in [0.5, 0.6) is 0 Å². The van der Waals surface area contributed by atoms with Gasteiger partial charge in [0.1, 0.15) is 0 Å². The fourth-order valence-electron chi connectivity index (χ4n) is 1.19. The van der Waals surface area contributed by atoms with Crippen LogP contribution >= 0.6 is 15.9 Å². The van der Waals surface area contributed by atoms with Crippen LogP contribution in [-0.4, -0.2) is 30.7 Å². The zero-order valence-corrected chi connectivity index (χ0v) is 10.0. The van der Waals surface area contributed by atoms with Crippen molar-refractivity contribution in [3.05, 3.63) is 34.3 Å². The van der Waals surface area contributed by atoms with Gasteiger partial charge in [-0.15, -0.1) is 0 Å². The molecule has 0 aliphatic carbocycles. The van der Waals surface area contributed by atoms with E-state index in [9.17, 15) is 9.59 Å². The minimum atomic E-state index is -0.484. The Morgan fingerprint density at radius 2 is 2.13 bits per heavy atom. The third-order valence-electron chi connectivity index (χ3n) is 2.15. The van der Waals surface area contributed by atoms with E-state index in [0.717, 1.165) is 16.5 Å². The number of nitrogens with zero attached hydrogens (tertiary/aromatic N) is 1. The summed E-state index contributed by atoms with van der Waals surface area (Å²) in [4.78, 5) is 22.6. The van der Waals surface area contributed by atoms with Gasteiger partial charge in [0.05, 0.1) is 0 Å². The molecule has 0 fully saturated rings. The number of hydrogen-bond acceptors (Lipinski definition) is 2. The molecule has 0 heterocycles. The molecule has 0 saturated carbocycles. The average molecular weight is 270 g/mol. The topological polar surface area (TPSA) is 37.4 Å². The predicted octanol–water partition coefficient (Wildman–Crippen LogP) is 1.65. The highest BCUT2D eigenvalue weighted by Crippen LogP contribution is 2.16. The second-order valence-corrected chi connectivity index (χ2v) is 4.07. The summed E-state index contributed by atoms with van der Waals surface area (Å²) < 4.78 is 1.02. The number of hydrogen-bond donors (Lipinski definition) is 0. The maximum Gasteiger partial charge on any atom is 0.286 e. The van der Waals surface area contributed by atoms with E-state index < -0.39 is 5.91 Å². The Balaban J connectivity index is 2.54. The lowest BCUT2D eigenvalue weighted by Gasteiger charge is -2.14. The van der Waals surface area contributed by atoms with Gasteiger partial charge in [0.25, 0.3) is 5.91 Å². The number of aldehydes is 1. The molecule has 0 aromatic heterocycles. The van der Waals surface area contributed by atoms with Crippen molar-refractivity contribution in [3.8, 4) is 0 Å². The van der Waals surface area contributed by atoms with E-state index in [4.69, 9.17) is 0 Å². The lowest BCUT2D eigenvalue weighted by atomic mass is 10.1. The van der Waals surface area contributed by atoms with E-state index in [2.05, 4.69) is 15.9 Å². The van der Waals surface area contributed by atoms with Crippen LogP contribution in [0.1, 0.15) is 5.56 Å². The molecule has 15 heavy (non-hydrogen) atoms. The largest absolute Gasteiger partial charge is 0.339 e. The van der Waals surface area contributed by atoms with Crippen LogP contribution in [0.15, 0.2) is 28.7 Å². The third kappa shape index (κ3) is 3.47. The van der Waals surface area contributed by atoms with Gasteiger partial charge in [-0.3, -0.25) is 9.59 Å². The molecule has 0 saturated heterocycles. The molecule has 1 rings (SSSR count). The highest BCUT2D eigenvalue weighted by atomic mass is 79.9. The molecule has 0 aliphatic rings. The highest BCUT2D eigenvalue weighted by molar-refractivity contribution is 9.10. The van der Waals surface area contributed by atoms with Crippen molar-refractivity contribution >= 4 is 28.1 Å². The molecule has 0 bridgehead atoms. The van der Waals surface area contributed by atoms with Gasteiger partial charge in [-0.1, -0.05) is 34.1 Å². The number of amides is 1. The van der Waals surface area contributed by atoms with Gasteiger partial charge < -0.3 is 4.90 Å². The lowest BCUT2D eigenvalue weighted by molar-refractivity contribution is -0.137. The van der Waals surface area contributed by atoms with E-state index in [1.165, 1.54) is 4.90 Å². The maximum absolute atomic E-state index is 11.0. The molecule has 0 atom stereocenters. The van der Waals surface area contributed by atoms with Crippen LogP contribution in [0.4, 0.5) is 0 Å². The van der Waals surface area contributed by atoms with Crippen molar-refractivity contribution in [3.63, 3.8) is 0 Å². The van der Waals surface area contributed by atoms with Crippen LogP contribution in [0.25, 0.3) is 0 Å². The number of halogens is 1. The summed E-state index contributed by atoms with van der Waals surface area (Å²) in [5, 5.41) is 0. The van der Waals surface area contributed by atoms with Crippen molar-refractivity contribution in [1.82, 2.24) is 4.90 Å². The first-order valence-corrected chi connectivity index (χ1v) is 5.38. The Morgan fingerprint density at radius 1 is 1.47 bits per heavy atom. The smallest absolute Gasteiger partial charge is 0.286 e. The van der Waals surface area contributed by atoms with E-state index in [1.807, 2.05) is 24.3 Å². The Labute approximate surface area is 97.2 Å². The normalized spacial score (nSPS) is 9.73. The molecule has 80 valence electrons. The second kappa shape index (κ2) is 5.66. The first-order chi connectivity index (χ1) is 7.15. The molecule has 0 aliphatic heterocycles. The summed E-state index contributed by atoms with van der Waals surface area (Å²) in [6.07, 6.45) is 1.07. The molecule has 1 aromatic carbocycles. The van der Waals surface area contributed by atoms with Gasteiger partial charge in [0.2, 0.25) is 6.29 Å². The van der Waals surface area contributed by atoms with Crippen molar-refractivity contribution in [2.75, 3.05) is 13.6 Å². The first kappa shape index (κ1) is 11.9. The summed E-state index contributed by atoms with van der Waals surface area (Å²) in [5.41, 5.74) is 1.13. The molecular weight excluding hydrogens is 258 g/mol. The third-order valence-corrected chi connectivity index (χ3v) is 2.93. The summed E-state index contributed by atoms with van der Waals surface area (Å²) in [6.45, 7) is 0.542. The van der Waals surface area contributed by atoms with E-state index in [-0.39, 0.29) is 0 Å². The molecule has 1 aromatic rings. The Kier molecular flexibility index (Phi) is 4.49. The van der Waals surface area contributed by atoms with Crippen LogP contribution in [0.2, 0.25) is 0 Å². The average Bonchev–Trinajstić information content (AvgIpc) is 2.26. The van der Waals surface area contributed by atoms with Gasteiger partial charge in [-0.2, -0.15) is 0 Å². The van der Waals surface area contributed by atoms with Gasteiger partial charge in [0.15, 0.2) is 0 Å². The Morgan fingerprint density at radius 3 is 2.73 bits per heavy atom. The molecule has 4 heteroatoms. The van der Waals surface area contributed by atoms with E-state index in [0.29, 0.717) is 12.8 Å². The fraction of sp³-hybridized carbons (Fsp3) is 0.273. The van der Waals surface area contributed by atoms with E-state index in [1.54, 1.807) is 7.05 Å². The summed E-state index contributed by atoms with van der Waals surface area (Å²) in [7, 11) is 1.62. The number of rotatable bonds is 4. The molecular formula is C11H12BrNO2. The van der Waals surface area contributed by atoms with Crippen molar-refractivity contribution in [1.29, 1.82) is 0 Å². The highest BCUT2D eigenvalue weighted by Gasteiger charge is 2.07. The monoisotopic (exact) mass is 269 g/mol. The summed E-state index contributed by atoms with van der Waals surface area (Å²) >= 11 is 3.43. The fourth-order valence-corrected chi connectivity index (χ4v) is 1.67. The number of likely N-dealkylation sites (N-methyl/N-ethyl adjacent to an activating group) is 1. The van der Waals surface area contributed by atoms with Gasteiger partial charge in [0, 0.05) is 18.1 Å². The van der Waals surface area contributed by atoms with Crippen molar-refractivity contribution in [2.45, 2.75) is 6.42 Å². The Hall–Kier alpha value is -1.16. The zero-order valence-electron chi connectivity index (χ0n) is 8.44. The van der Waals surface area contributed by atoms with Crippen LogP contribution in [0, 0.1) is 0 Å². The van der Waals surface area contributed by atoms with Crippen LogP contribution in [-0.2, 0) is 16.0 Å². The van der Waals surface area contributed by atoms with Crippen LogP contribution < -0.4 is 0 Å². The van der Waals surface area contributed by atoms with Crippen molar-refractivity contribution in [2.24, 2.45) is 0 Å². The summed E-state index contributed by atoms with van der Waals surface area (Å²) in [6, 6.07) is 7.83. The molecule has 0 spiro atoms. The number of carbonyl (C=O) groups excluding carboxylic acids is 2. The van der Waals surface area contributed by atoms with Gasteiger partial charge in [-0.25, -0.2) is 0 Å². The molecule has 0 radical (unpaired) electrons. The molecule has 0 unspecified atom stereocenters. The molecule has 1 amide bonds. The number of benzene rings is 1. The quantitative estimate of drug-likeness (QED) is 0.616.